The van der Waals surface area contributed by atoms with Crippen molar-refractivity contribution in [2.24, 2.45) is 0 Å². The van der Waals surface area contributed by atoms with Crippen molar-refractivity contribution < 1.29 is 4.79 Å². The molecule has 1 aromatic carbocycles. The van der Waals surface area contributed by atoms with E-state index in [0.717, 1.165) is 5.00 Å². The van der Waals surface area contributed by atoms with Crippen molar-refractivity contribution in [1.82, 2.24) is 0 Å². The first-order valence-corrected chi connectivity index (χ1v) is 6.88. The van der Waals surface area contributed by atoms with Gasteiger partial charge in [0.25, 0.3) is 5.91 Å². The summed E-state index contributed by atoms with van der Waals surface area (Å²) in [5, 5.41) is 4.50. The third-order valence-electron chi connectivity index (χ3n) is 2.58. The van der Waals surface area contributed by atoms with E-state index >= 15 is 0 Å². The van der Waals surface area contributed by atoms with Crippen molar-refractivity contribution in [3.8, 4) is 0 Å². The van der Waals surface area contributed by atoms with Gasteiger partial charge >= 0.3 is 0 Å². The maximum absolute atomic E-state index is 12.0. The minimum absolute atomic E-state index is 0.185. The average molecular weight is 300 g/mol. The molecule has 0 saturated carbocycles. The summed E-state index contributed by atoms with van der Waals surface area (Å²) >= 11 is 13.2. The van der Waals surface area contributed by atoms with E-state index in [1.165, 1.54) is 10.4 Å². The molecule has 0 radical (unpaired) electrons. The van der Waals surface area contributed by atoms with E-state index in [4.69, 9.17) is 23.2 Å². The molecule has 0 aliphatic carbocycles. The van der Waals surface area contributed by atoms with E-state index in [1.807, 2.05) is 19.9 Å². The van der Waals surface area contributed by atoms with Crippen molar-refractivity contribution in [3.63, 3.8) is 0 Å². The fraction of sp³-hybridized carbons (Fsp3) is 0.154. The highest BCUT2D eigenvalue weighted by Crippen LogP contribution is 2.27. The van der Waals surface area contributed by atoms with Gasteiger partial charge in [-0.25, -0.2) is 0 Å². The summed E-state index contributed by atoms with van der Waals surface area (Å²) in [6, 6.07) is 6.78. The summed E-state index contributed by atoms with van der Waals surface area (Å²) in [7, 11) is 0. The molecule has 0 bridgehead atoms. The summed E-state index contributed by atoms with van der Waals surface area (Å²) in [5.41, 5.74) is 1.66. The Morgan fingerprint density at radius 3 is 2.44 bits per heavy atom. The highest BCUT2D eigenvalue weighted by Gasteiger charge is 2.10. The normalized spacial score (nSPS) is 10.4. The minimum atomic E-state index is -0.185. The summed E-state index contributed by atoms with van der Waals surface area (Å²) in [4.78, 5) is 13.2. The second-order valence-corrected chi connectivity index (χ2v) is 6.00. The van der Waals surface area contributed by atoms with Crippen LogP contribution in [0, 0.1) is 13.8 Å². The maximum atomic E-state index is 12.0. The van der Waals surface area contributed by atoms with E-state index in [0.29, 0.717) is 15.6 Å². The van der Waals surface area contributed by atoms with Gasteiger partial charge in [-0.2, -0.15) is 0 Å². The van der Waals surface area contributed by atoms with Crippen molar-refractivity contribution in [2.45, 2.75) is 13.8 Å². The predicted molar refractivity (Wildman–Crippen MR) is 78.2 cm³/mol. The van der Waals surface area contributed by atoms with E-state index in [2.05, 4.69) is 5.32 Å². The fourth-order valence-electron chi connectivity index (χ4n) is 1.46. The summed E-state index contributed by atoms with van der Waals surface area (Å²) in [6.07, 6.45) is 0. The smallest absolute Gasteiger partial charge is 0.256 e. The molecule has 1 N–H and O–H groups in total. The fourth-order valence-corrected chi connectivity index (χ4v) is 2.68. The largest absolute Gasteiger partial charge is 0.314 e. The van der Waals surface area contributed by atoms with Crippen LogP contribution in [-0.4, -0.2) is 5.91 Å². The first-order valence-electron chi connectivity index (χ1n) is 5.31. The van der Waals surface area contributed by atoms with Crippen LogP contribution in [0.2, 0.25) is 10.0 Å². The van der Waals surface area contributed by atoms with Crippen LogP contribution in [0.1, 0.15) is 20.8 Å². The second-order valence-electron chi connectivity index (χ2n) is 3.93. The molecule has 1 aromatic heterocycles. The lowest BCUT2D eigenvalue weighted by molar-refractivity contribution is 0.102. The molecule has 5 heteroatoms. The first kappa shape index (κ1) is 13.4. The Hall–Kier alpha value is -1.03. The Balaban J connectivity index is 2.19. The number of benzene rings is 1. The van der Waals surface area contributed by atoms with Gasteiger partial charge in [0.15, 0.2) is 0 Å². The lowest BCUT2D eigenvalue weighted by Crippen LogP contribution is -2.10. The van der Waals surface area contributed by atoms with Gasteiger partial charge in [0.05, 0.1) is 15.0 Å². The molecule has 2 rings (SSSR count). The quantitative estimate of drug-likeness (QED) is 0.837. The van der Waals surface area contributed by atoms with E-state index in [9.17, 15) is 4.79 Å². The summed E-state index contributed by atoms with van der Waals surface area (Å²) in [6.45, 7) is 4.04. The van der Waals surface area contributed by atoms with Gasteiger partial charge in [-0.1, -0.05) is 23.2 Å². The van der Waals surface area contributed by atoms with Gasteiger partial charge in [0.1, 0.15) is 0 Å². The van der Waals surface area contributed by atoms with E-state index in [-0.39, 0.29) is 5.91 Å². The molecule has 0 unspecified atom stereocenters. The molecular weight excluding hydrogens is 289 g/mol. The number of rotatable bonds is 2. The Bertz CT molecular complexity index is 588. The molecule has 2 nitrogen and oxygen atoms in total. The van der Waals surface area contributed by atoms with Crippen LogP contribution in [0.3, 0.4) is 0 Å². The predicted octanol–water partition coefficient (Wildman–Crippen LogP) is 4.92. The number of hydrogen-bond donors (Lipinski definition) is 1. The van der Waals surface area contributed by atoms with Crippen molar-refractivity contribution in [1.29, 1.82) is 0 Å². The number of halogens is 2. The van der Waals surface area contributed by atoms with Crippen molar-refractivity contribution in [3.05, 3.63) is 50.3 Å². The molecule has 0 aliphatic heterocycles. The van der Waals surface area contributed by atoms with Gasteiger partial charge in [0, 0.05) is 10.4 Å². The number of nitrogens with one attached hydrogen (secondary N) is 1. The third kappa shape index (κ3) is 2.86. The SMILES string of the molecule is Cc1cc(NC(=O)c2ccc(Cl)c(Cl)c2)sc1C. The van der Waals surface area contributed by atoms with Crippen LogP contribution in [0.15, 0.2) is 24.3 Å². The van der Waals surface area contributed by atoms with Gasteiger partial charge in [-0.05, 0) is 43.7 Å². The number of carbonyl (C=O) groups excluding carboxylic acids is 1. The van der Waals surface area contributed by atoms with Crippen LogP contribution in [0.5, 0.6) is 0 Å². The summed E-state index contributed by atoms with van der Waals surface area (Å²) in [5.74, 6) is -0.185. The van der Waals surface area contributed by atoms with Crippen LogP contribution >= 0.6 is 34.5 Å². The Kier molecular flexibility index (Phi) is 3.95. The Labute approximate surface area is 120 Å². The van der Waals surface area contributed by atoms with Gasteiger partial charge < -0.3 is 5.32 Å². The van der Waals surface area contributed by atoms with E-state index in [1.54, 1.807) is 29.5 Å². The molecule has 0 spiro atoms. The van der Waals surface area contributed by atoms with Crippen LogP contribution in [0.4, 0.5) is 5.00 Å². The molecule has 0 atom stereocenters. The molecule has 94 valence electrons. The molecule has 1 heterocycles. The van der Waals surface area contributed by atoms with Crippen LogP contribution in [0.25, 0.3) is 0 Å². The number of carbonyl (C=O) groups is 1. The zero-order chi connectivity index (χ0) is 13.3. The number of aryl methyl sites for hydroxylation is 2. The molecule has 18 heavy (non-hydrogen) atoms. The van der Waals surface area contributed by atoms with Gasteiger partial charge in [-0.3, -0.25) is 4.79 Å². The third-order valence-corrected chi connectivity index (χ3v) is 4.39. The standard InChI is InChI=1S/C13H11Cl2NOS/c1-7-5-12(18-8(7)2)16-13(17)9-3-4-10(14)11(15)6-9/h3-6H,1-2H3,(H,16,17). The molecule has 1 amide bonds. The molecule has 0 aliphatic rings. The lowest BCUT2D eigenvalue weighted by atomic mass is 10.2. The minimum Gasteiger partial charge on any atom is -0.314 e. The van der Waals surface area contributed by atoms with Crippen LogP contribution < -0.4 is 5.32 Å². The lowest BCUT2D eigenvalue weighted by Gasteiger charge is -2.03. The Morgan fingerprint density at radius 1 is 1.17 bits per heavy atom. The first-order chi connectivity index (χ1) is 8.47. The highest BCUT2D eigenvalue weighted by molar-refractivity contribution is 7.16. The number of amides is 1. The number of anilines is 1. The van der Waals surface area contributed by atoms with E-state index < -0.39 is 0 Å². The van der Waals surface area contributed by atoms with Crippen molar-refractivity contribution in [2.75, 3.05) is 5.32 Å². The van der Waals surface area contributed by atoms with Crippen LogP contribution in [-0.2, 0) is 0 Å². The zero-order valence-electron chi connectivity index (χ0n) is 9.88. The van der Waals surface area contributed by atoms with Crippen molar-refractivity contribution >= 4 is 45.4 Å². The monoisotopic (exact) mass is 299 g/mol. The Morgan fingerprint density at radius 2 is 1.89 bits per heavy atom. The molecule has 0 fully saturated rings. The second kappa shape index (κ2) is 5.31. The number of thiophene rings is 1. The highest BCUT2D eigenvalue weighted by atomic mass is 35.5. The van der Waals surface area contributed by atoms with Gasteiger partial charge in [-0.15, -0.1) is 11.3 Å². The average Bonchev–Trinajstić information content (AvgIpc) is 2.61. The summed E-state index contributed by atoms with van der Waals surface area (Å²) < 4.78 is 0. The molecule has 0 saturated heterocycles. The zero-order valence-corrected chi connectivity index (χ0v) is 12.2. The topological polar surface area (TPSA) is 29.1 Å². The molecule has 2 aromatic rings. The number of hydrogen-bond acceptors (Lipinski definition) is 2. The maximum Gasteiger partial charge on any atom is 0.256 e. The molecular formula is C13H11Cl2NOS. The van der Waals surface area contributed by atoms with Gasteiger partial charge in [0.2, 0.25) is 0 Å².